The van der Waals surface area contributed by atoms with Crippen LogP contribution >= 0.6 is 11.3 Å². The molecule has 1 aliphatic carbocycles. The summed E-state index contributed by atoms with van der Waals surface area (Å²) in [5.74, 6) is 0.638. The molecule has 0 bridgehead atoms. The van der Waals surface area contributed by atoms with Crippen molar-refractivity contribution in [3.8, 4) is 0 Å². The van der Waals surface area contributed by atoms with Gasteiger partial charge in [-0.1, -0.05) is 19.9 Å². The first-order valence-electron chi connectivity index (χ1n) is 7.62. The Bertz CT molecular complexity index is 397. The van der Waals surface area contributed by atoms with Crippen LogP contribution in [0.25, 0.3) is 0 Å². The van der Waals surface area contributed by atoms with Crippen molar-refractivity contribution in [3.63, 3.8) is 0 Å². The molecule has 0 radical (unpaired) electrons. The second kappa shape index (κ2) is 5.55. The highest BCUT2D eigenvalue weighted by molar-refractivity contribution is 7.10. The van der Waals surface area contributed by atoms with E-state index in [0.717, 1.165) is 13.0 Å². The zero-order valence-corrected chi connectivity index (χ0v) is 12.8. The summed E-state index contributed by atoms with van der Waals surface area (Å²) in [7, 11) is 0. The van der Waals surface area contributed by atoms with Crippen LogP contribution in [0.3, 0.4) is 0 Å². The van der Waals surface area contributed by atoms with Crippen LogP contribution < -0.4 is 5.32 Å². The number of ether oxygens (including phenoxy) is 1. The normalized spacial score (nSPS) is 27.4. The lowest BCUT2D eigenvalue weighted by atomic mass is 9.73. The summed E-state index contributed by atoms with van der Waals surface area (Å²) in [6.45, 7) is 5.57. The Kier molecular flexibility index (Phi) is 3.97. The second-order valence-corrected chi connectivity index (χ2v) is 7.46. The number of nitrogens with one attached hydrogen (secondary N) is 1. The Morgan fingerprint density at radius 3 is 2.84 bits per heavy atom. The van der Waals surface area contributed by atoms with E-state index < -0.39 is 0 Å². The van der Waals surface area contributed by atoms with Gasteiger partial charge in [0.2, 0.25) is 0 Å². The number of thiophene rings is 1. The molecular weight excluding hydrogens is 254 g/mol. The maximum Gasteiger partial charge on any atom is 0.0697 e. The van der Waals surface area contributed by atoms with Crippen molar-refractivity contribution in [1.82, 2.24) is 5.32 Å². The standard InChI is InChI=1S/C16H25NOS/c1-12(2)15(14-5-3-10-19-14)17-13-6-9-18-16(11-13)7-4-8-16/h3,5,10,12-13,15,17H,4,6-9,11H2,1-2H3. The summed E-state index contributed by atoms with van der Waals surface area (Å²) in [4.78, 5) is 1.48. The first-order valence-corrected chi connectivity index (χ1v) is 8.50. The summed E-state index contributed by atoms with van der Waals surface area (Å²) in [6, 6.07) is 5.55. The van der Waals surface area contributed by atoms with E-state index >= 15 is 0 Å². The van der Waals surface area contributed by atoms with Crippen molar-refractivity contribution < 1.29 is 4.74 Å². The van der Waals surface area contributed by atoms with E-state index in [-0.39, 0.29) is 5.60 Å². The van der Waals surface area contributed by atoms with Gasteiger partial charge in [-0.25, -0.2) is 0 Å². The molecule has 2 fully saturated rings. The van der Waals surface area contributed by atoms with Crippen molar-refractivity contribution in [3.05, 3.63) is 22.4 Å². The van der Waals surface area contributed by atoms with Crippen LogP contribution in [-0.2, 0) is 4.74 Å². The fourth-order valence-electron chi connectivity index (χ4n) is 3.41. The molecule has 106 valence electrons. The van der Waals surface area contributed by atoms with Gasteiger partial charge in [0.15, 0.2) is 0 Å². The molecule has 1 spiro atoms. The van der Waals surface area contributed by atoms with Crippen LogP contribution in [0.1, 0.15) is 56.9 Å². The molecule has 1 N–H and O–H groups in total. The molecule has 3 rings (SSSR count). The van der Waals surface area contributed by atoms with Crippen LogP contribution in [0.5, 0.6) is 0 Å². The van der Waals surface area contributed by atoms with E-state index in [1.807, 2.05) is 11.3 Å². The van der Waals surface area contributed by atoms with Crippen molar-refractivity contribution in [2.45, 2.75) is 63.6 Å². The smallest absolute Gasteiger partial charge is 0.0697 e. The lowest BCUT2D eigenvalue weighted by Gasteiger charge is -2.48. The van der Waals surface area contributed by atoms with E-state index in [4.69, 9.17) is 4.74 Å². The van der Waals surface area contributed by atoms with E-state index in [2.05, 4.69) is 36.7 Å². The van der Waals surface area contributed by atoms with Gasteiger partial charge in [-0.3, -0.25) is 0 Å². The van der Waals surface area contributed by atoms with Crippen molar-refractivity contribution in [2.75, 3.05) is 6.61 Å². The third-order valence-corrected chi connectivity index (χ3v) is 5.64. The van der Waals surface area contributed by atoms with E-state index in [1.165, 1.54) is 30.6 Å². The Morgan fingerprint density at radius 2 is 2.26 bits per heavy atom. The largest absolute Gasteiger partial charge is 0.375 e. The first kappa shape index (κ1) is 13.6. The molecule has 0 aromatic carbocycles. The molecule has 1 saturated carbocycles. The van der Waals surface area contributed by atoms with Gasteiger partial charge in [-0.15, -0.1) is 11.3 Å². The fraction of sp³-hybridized carbons (Fsp3) is 0.750. The number of hydrogen-bond donors (Lipinski definition) is 1. The first-order chi connectivity index (χ1) is 9.19. The van der Waals surface area contributed by atoms with Crippen LogP contribution in [-0.4, -0.2) is 18.2 Å². The second-order valence-electron chi connectivity index (χ2n) is 6.48. The third-order valence-electron chi connectivity index (χ3n) is 4.69. The van der Waals surface area contributed by atoms with Gasteiger partial charge in [0, 0.05) is 23.6 Å². The summed E-state index contributed by atoms with van der Waals surface area (Å²) in [5, 5.41) is 6.10. The molecule has 3 heteroatoms. The van der Waals surface area contributed by atoms with Crippen molar-refractivity contribution >= 4 is 11.3 Å². The van der Waals surface area contributed by atoms with Gasteiger partial charge in [-0.05, 0) is 49.5 Å². The van der Waals surface area contributed by atoms with Gasteiger partial charge >= 0.3 is 0 Å². The molecule has 19 heavy (non-hydrogen) atoms. The highest BCUT2D eigenvalue weighted by atomic mass is 32.1. The van der Waals surface area contributed by atoms with E-state index in [1.54, 1.807) is 0 Å². The van der Waals surface area contributed by atoms with Gasteiger partial charge in [0.25, 0.3) is 0 Å². The zero-order valence-electron chi connectivity index (χ0n) is 12.0. The van der Waals surface area contributed by atoms with Crippen LogP contribution in [0.15, 0.2) is 17.5 Å². The minimum Gasteiger partial charge on any atom is -0.375 e. The van der Waals surface area contributed by atoms with Crippen LogP contribution in [0.2, 0.25) is 0 Å². The highest BCUT2D eigenvalue weighted by Crippen LogP contribution is 2.43. The minimum absolute atomic E-state index is 0.243. The molecule has 2 nitrogen and oxygen atoms in total. The lowest BCUT2D eigenvalue weighted by Crippen LogP contribution is -2.51. The molecule has 1 aromatic rings. The molecule has 0 amide bonds. The topological polar surface area (TPSA) is 21.3 Å². The molecular formula is C16H25NOS. The molecule has 2 unspecified atom stereocenters. The molecule has 2 atom stereocenters. The maximum absolute atomic E-state index is 6.03. The van der Waals surface area contributed by atoms with E-state index in [9.17, 15) is 0 Å². The monoisotopic (exact) mass is 279 g/mol. The Hall–Kier alpha value is -0.380. The van der Waals surface area contributed by atoms with Gasteiger partial charge < -0.3 is 10.1 Å². The number of hydrogen-bond acceptors (Lipinski definition) is 3. The quantitative estimate of drug-likeness (QED) is 0.894. The molecule has 1 aromatic heterocycles. The van der Waals surface area contributed by atoms with E-state index in [0.29, 0.717) is 18.0 Å². The zero-order chi connectivity index (χ0) is 13.3. The third kappa shape index (κ3) is 2.88. The summed E-state index contributed by atoms with van der Waals surface area (Å²) < 4.78 is 6.03. The minimum atomic E-state index is 0.243. The Balaban J connectivity index is 1.65. The van der Waals surface area contributed by atoms with Crippen LogP contribution in [0, 0.1) is 5.92 Å². The number of rotatable bonds is 4. The SMILES string of the molecule is CC(C)C(NC1CCOC2(CCC2)C1)c1cccs1. The molecule has 2 aliphatic rings. The molecule has 1 saturated heterocycles. The van der Waals surface area contributed by atoms with Gasteiger partial charge in [-0.2, -0.15) is 0 Å². The summed E-state index contributed by atoms with van der Waals surface area (Å²) in [6.07, 6.45) is 6.27. The molecule has 1 aliphatic heterocycles. The lowest BCUT2D eigenvalue weighted by molar-refractivity contribution is -0.136. The fourth-order valence-corrected chi connectivity index (χ4v) is 4.37. The Labute approximate surface area is 120 Å². The van der Waals surface area contributed by atoms with Gasteiger partial charge in [0.05, 0.1) is 5.60 Å². The highest BCUT2D eigenvalue weighted by Gasteiger charge is 2.43. The summed E-state index contributed by atoms with van der Waals surface area (Å²) >= 11 is 1.87. The average molecular weight is 279 g/mol. The summed E-state index contributed by atoms with van der Waals surface area (Å²) in [5.41, 5.74) is 0.243. The predicted octanol–water partition coefficient (Wildman–Crippen LogP) is 4.14. The van der Waals surface area contributed by atoms with Gasteiger partial charge in [0.1, 0.15) is 0 Å². The van der Waals surface area contributed by atoms with Crippen molar-refractivity contribution in [1.29, 1.82) is 0 Å². The van der Waals surface area contributed by atoms with Crippen LogP contribution in [0.4, 0.5) is 0 Å². The maximum atomic E-state index is 6.03. The predicted molar refractivity (Wildman–Crippen MR) is 80.6 cm³/mol. The average Bonchev–Trinajstić information content (AvgIpc) is 2.87. The molecule has 2 heterocycles. The Morgan fingerprint density at radius 1 is 1.42 bits per heavy atom. The van der Waals surface area contributed by atoms with Crippen molar-refractivity contribution in [2.24, 2.45) is 5.92 Å².